The van der Waals surface area contributed by atoms with Crippen LogP contribution >= 0.6 is 0 Å². The summed E-state index contributed by atoms with van der Waals surface area (Å²) in [6.45, 7) is 0.471. The number of hydrogen-bond donors (Lipinski definition) is 3. The number of rotatable bonds is 8. The molecule has 0 atom stereocenters. The van der Waals surface area contributed by atoms with E-state index < -0.39 is 5.97 Å². The summed E-state index contributed by atoms with van der Waals surface area (Å²) in [7, 11) is 0. The number of carbonyl (C=O) groups excluding carboxylic acids is 1. The Hall–Kier alpha value is -2.37. The number of unbranched alkanes of at least 4 members (excludes halogenated alkanes) is 2. The molecule has 5 nitrogen and oxygen atoms in total. The second kappa shape index (κ2) is 9.52. The van der Waals surface area contributed by atoms with E-state index in [0.717, 1.165) is 12.8 Å². The summed E-state index contributed by atoms with van der Waals surface area (Å²) < 4.78 is 13.3. The van der Waals surface area contributed by atoms with Crippen LogP contribution in [0.25, 0.3) is 6.08 Å². The molecular formula is C15H19FN2O3. The molecule has 0 heterocycles. The molecule has 0 bridgehead atoms. The van der Waals surface area contributed by atoms with Crippen molar-refractivity contribution in [3.8, 4) is 0 Å². The molecular weight excluding hydrogens is 275 g/mol. The van der Waals surface area contributed by atoms with Crippen molar-refractivity contribution in [2.45, 2.75) is 25.7 Å². The van der Waals surface area contributed by atoms with Crippen LogP contribution in [0.3, 0.4) is 0 Å². The van der Waals surface area contributed by atoms with E-state index in [0.29, 0.717) is 18.5 Å². The molecule has 1 aromatic rings. The number of carbonyl (C=O) groups is 2. The Bertz CT molecular complexity index is 503. The van der Waals surface area contributed by atoms with Gasteiger partial charge in [0.2, 0.25) is 0 Å². The fraction of sp³-hybridized carbons (Fsp3) is 0.333. The lowest BCUT2D eigenvalue weighted by Gasteiger charge is -2.04. The number of carboxylic acid groups (broad SMARTS) is 1. The zero-order valence-electron chi connectivity index (χ0n) is 11.6. The van der Waals surface area contributed by atoms with Crippen LogP contribution in [0.15, 0.2) is 30.5 Å². The van der Waals surface area contributed by atoms with E-state index in [1.165, 1.54) is 18.3 Å². The van der Waals surface area contributed by atoms with Crippen LogP contribution in [-0.2, 0) is 4.79 Å². The summed E-state index contributed by atoms with van der Waals surface area (Å²) in [6, 6.07) is 5.88. The number of urea groups is 1. The van der Waals surface area contributed by atoms with Crippen molar-refractivity contribution in [3.05, 3.63) is 41.8 Å². The van der Waals surface area contributed by atoms with E-state index in [1.54, 1.807) is 18.2 Å². The van der Waals surface area contributed by atoms with E-state index in [1.807, 2.05) is 0 Å². The van der Waals surface area contributed by atoms with Crippen molar-refractivity contribution in [3.63, 3.8) is 0 Å². The van der Waals surface area contributed by atoms with Gasteiger partial charge in [-0.25, -0.2) is 9.18 Å². The summed E-state index contributed by atoms with van der Waals surface area (Å²) in [4.78, 5) is 21.7. The summed E-state index contributed by atoms with van der Waals surface area (Å²) in [5.74, 6) is -1.16. The number of benzene rings is 1. The van der Waals surface area contributed by atoms with Gasteiger partial charge < -0.3 is 15.7 Å². The lowest BCUT2D eigenvalue weighted by atomic mass is 10.2. The highest BCUT2D eigenvalue weighted by Gasteiger charge is 1.99. The minimum absolute atomic E-state index is 0.150. The minimum Gasteiger partial charge on any atom is -0.481 e. The second-order valence-electron chi connectivity index (χ2n) is 4.46. The Kier molecular flexibility index (Phi) is 7.56. The van der Waals surface area contributed by atoms with E-state index in [9.17, 15) is 14.0 Å². The van der Waals surface area contributed by atoms with Crippen LogP contribution < -0.4 is 10.6 Å². The molecule has 2 amide bonds. The maximum atomic E-state index is 13.3. The summed E-state index contributed by atoms with van der Waals surface area (Å²) in [5, 5.41) is 13.6. The predicted octanol–water partition coefficient (Wildman–Crippen LogP) is 2.74. The van der Waals surface area contributed by atoms with Crippen molar-refractivity contribution in [1.82, 2.24) is 10.6 Å². The number of carboxylic acids is 1. The van der Waals surface area contributed by atoms with E-state index >= 15 is 0 Å². The van der Waals surface area contributed by atoms with Crippen LogP contribution in [0.2, 0.25) is 0 Å². The molecule has 0 saturated heterocycles. The number of halogens is 1. The molecule has 21 heavy (non-hydrogen) atoms. The molecule has 1 aromatic carbocycles. The molecule has 3 N–H and O–H groups in total. The molecule has 0 radical (unpaired) electrons. The first-order chi connectivity index (χ1) is 10.1. The zero-order chi connectivity index (χ0) is 15.5. The first-order valence-electron chi connectivity index (χ1n) is 6.77. The first kappa shape index (κ1) is 16.7. The molecule has 0 aliphatic heterocycles. The van der Waals surface area contributed by atoms with Crippen LogP contribution in [0.5, 0.6) is 0 Å². The summed E-state index contributed by atoms with van der Waals surface area (Å²) >= 11 is 0. The second-order valence-corrected chi connectivity index (χ2v) is 4.46. The quantitative estimate of drug-likeness (QED) is 0.645. The van der Waals surface area contributed by atoms with Gasteiger partial charge in [-0.2, -0.15) is 0 Å². The smallest absolute Gasteiger partial charge is 0.318 e. The van der Waals surface area contributed by atoms with Gasteiger partial charge in [0.15, 0.2) is 0 Å². The zero-order valence-corrected chi connectivity index (χ0v) is 11.6. The lowest BCUT2D eigenvalue weighted by Crippen LogP contribution is -2.32. The molecule has 0 saturated carbocycles. The van der Waals surface area contributed by atoms with E-state index in [4.69, 9.17) is 5.11 Å². The van der Waals surface area contributed by atoms with Gasteiger partial charge >= 0.3 is 12.0 Å². The van der Waals surface area contributed by atoms with Crippen molar-refractivity contribution < 1.29 is 19.1 Å². The Labute approximate surface area is 122 Å². The Morgan fingerprint density at radius 1 is 1.19 bits per heavy atom. The van der Waals surface area contributed by atoms with Gasteiger partial charge in [-0.05, 0) is 25.0 Å². The predicted molar refractivity (Wildman–Crippen MR) is 78.1 cm³/mol. The normalized spacial score (nSPS) is 10.5. The number of amides is 2. The minimum atomic E-state index is -0.806. The Morgan fingerprint density at radius 3 is 2.67 bits per heavy atom. The molecule has 0 aromatic heterocycles. The lowest BCUT2D eigenvalue weighted by molar-refractivity contribution is -0.137. The number of aliphatic carboxylic acids is 1. The molecule has 1 rings (SSSR count). The fourth-order valence-electron chi connectivity index (χ4n) is 1.65. The van der Waals surface area contributed by atoms with Crippen LogP contribution in [0.1, 0.15) is 31.2 Å². The van der Waals surface area contributed by atoms with Crippen molar-refractivity contribution in [2.75, 3.05) is 6.54 Å². The van der Waals surface area contributed by atoms with Gasteiger partial charge in [-0.3, -0.25) is 4.79 Å². The highest BCUT2D eigenvalue weighted by molar-refractivity contribution is 5.75. The maximum Gasteiger partial charge on any atom is 0.318 e. The molecule has 0 aliphatic carbocycles. The largest absolute Gasteiger partial charge is 0.481 e. The third-order valence-corrected chi connectivity index (χ3v) is 2.74. The molecule has 0 spiro atoms. The van der Waals surface area contributed by atoms with Crippen LogP contribution in [0.4, 0.5) is 9.18 Å². The third-order valence-electron chi connectivity index (χ3n) is 2.74. The average molecular weight is 294 g/mol. The van der Waals surface area contributed by atoms with Crippen molar-refractivity contribution in [1.29, 1.82) is 0 Å². The average Bonchev–Trinajstić information content (AvgIpc) is 2.44. The van der Waals surface area contributed by atoms with Gasteiger partial charge in [0.05, 0.1) is 0 Å². The molecule has 0 fully saturated rings. The van der Waals surface area contributed by atoms with Crippen molar-refractivity contribution in [2.24, 2.45) is 0 Å². The summed E-state index contributed by atoms with van der Waals surface area (Å²) in [5.41, 5.74) is 0.395. The molecule has 114 valence electrons. The van der Waals surface area contributed by atoms with Gasteiger partial charge in [-0.15, -0.1) is 0 Å². The number of nitrogens with one attached hydrogen (secondary N) is 2. The summed E-state index contributed by atoms with van der Waals surface area (Å²) in [6.07, 6.45) is 5.07. The van der Waals surface area contributed by atoms with E-state index in [2.05, 4.69) is 10.6 Å². The monoisotopic (exact) mass is 294 g/mol. The SMILES string of the molecule is O=C(O)CCCCCNC(=O)N/C=C/c1ccccc1F. The van der Waals surface area contributed by atoms with Gasteiger partial charge in [-0.1, -0.05) is 24.6 Å². The van der Waals surface area contributed by atoms with E-state index in [-0.39, 0.29) is 18.3 Å². The van der Waals surface area contributed by atoms with Gasteiger partial charge in [0.1, 0.15) is 5.82 Å². The van der Waals surface area contributed by atoms with Crippen LogP contribution in [0, 0.1) is 5.82 Å². The Morgan fingerprint density at radius 2 is 1.95 bits per heavy atom. The molecule has 0 aliphatic rings. The first-order valence-corrected chi connectivity index (χ1v) is 6.77. The molecule has 0 unspecified atom stereocenters. The topological polar surface area (TPSA) is 78.4 Å². The molecule has 6 heteroatoms. The highest BCUT2D eigenvalue weighted by Crippen LogP contribution is 2.07. The van der Waals surface area contributed by atoms with Gasteiger partial charge in [0, 0.05) is 24.7 Å². The number of hydrogen-bond acceptors (Lipinski definition) is 2. The standard InChI is InChI=1S/C15H19FN2O3/c16-13-7-4-3-6-12(13)9-11-18-15(21)17-10-5-1-2-8-14(19)20/h3-4,6-7,9,11H,1-2,5,8,10H2,(H,19,20)(H2,17,18,21)/b11-9+. The Balaban J connectivity index is 2.14. The highest BCUT2D eigenvalue weighted by atomic mass is 19.1. The van der Waals surface area contributed by atoms with Crippen molar-refractivity contribution >= 4 is 18.1 Å². The third kappa shape index (κ3) is 7.71. The van der Waals surface area contributed by atoms with Crippen LogP contribution in [-0.4, -0.2) is 23.7 Å². The maximum absolute atomic E-state index is 13.3. The van der Waals surface area contributed by atoms with Gasteiger partial charge in [0.25, 0.3) is 0 Å². The fourth-order valence-corrected chi connectivity index (χ4v) is 1.65.